The minimum Gasteiger partial charge on any atom is -0.378 e. The maximum atomic E-state index is 11.9. The van der Waals surface area contributed by atoms with Gasteiger partial charge in [0.05, 0.1) is 28.9 Å². The number of rotatable bonds is 3. The van der Waals surface area contributed by atoms with E-state index in [1.807, 2.05) is 18.2 Å². The van der Waals surface area contributed by atoms with Gasteiger partial charge in [-0.05, 0) is 18.2 Å². The van der Waals surface area contributed by atoms with Crippen LogP contribution in [0.25, 0.3) is 10.2 Å². The zero-order chi connectivity index (χ0) is 13.1. The first-order valence-corrected chi connectivity index (χ1v) is 7.13. The number of aromatic nitrogens is 1. The van der Waals surface area contributed by atoms with Crippen LogP contribution in [0.4, 0.5) is 5.69 Å². The van der Waals surface area contributed by atoms with E-state index in [2.05, 4.69) is 15.6 Å². The summed E-state index contributed by atoms with van der Waals surface area (Å²) in [6.45, 7) is 2.13. The number of anilines is 1. The van der Waals surface area contributed by atoms with E-state index in [1.54, 1.807) is 16.8 Å². The van der Waals surface area contributed by atoms with Crippen LogP contribution in [0.15, 0.2) is 23.7 Å². The molecule has 3 rings (SSSR count). The lowest BCUT2D eigenvalue weighted by Gasteiger charge is -2.23. The largest absolute Gasteiger partial charge is 0.378 e. The van der Waals surface area contributed by atoms with Crippen molar-refractivity contribution in [2.75, 3.05) is 25.1 Å². The second kappa shape index (κ2) is 5.64. The summed E-state index contributed by atoms with van der Waals surface area (Å²) in [5.74, 6) is 0.00636. The molecule has 6 heteroatoms. The van der Waals surface area contributed by atoms with Crippen LogP contribution in [-0.2, 0) is 9.53 Å². The molecule has 2 aromatic rings. The second-order valence-electron chi connectivity index (χ2n) is 4.51. The van der Waals surface area contributed by atoms with Crippen LogP contribution < -0.4 is 10.6 Å². The van der Waals surface area contributed by atoms with Gasteiger partial charge in [-0.2, -0.15) is 0 Å². The summed E-state index contributed by atoms with van der Waals surface area (Å²) in [6.07, 6.45) is 0.431. The van der Waals surface area contributed by atoms with Crippen molar-refractivity contribution in [3.05, 3.63) is 23.7 Å². The van der Waals surface area contributed by atoms with Gasteiger partial charge in [0.1, 0.15) is 0 Å². The van der Waals surface area contributed by atoms with E-state index in [1.165, 1.54) is 0 Å². The Morgan fingerprint density at radius 1 is 1.58 bits per heavy atom. The zero-order valence-electron chi connectivity index (χ0n) is 10.4. The van der Waals surface area contributed by atoms with Gasteiger partial charge in [0.2, 0.25) is 5.91 Å². The van der Waals surface area contributed by atoms with Gasteiger partial charge in [-0.15, -0.1) is 11.3 Å². The molecule has 5 nitrogen and oxygen atoms in total. The average Bonchev–Trinajstić information content (AvgIpc) is 2.87. The fourth-order valence-corrected chi connectivity index (χ4v) is 2.84. The van der Waals surface area contributed by atoms with Gasteiger partial charge >= 0.3 is 0 Å². The highest BCUT2D eigenvalue weighted by atomic mass is 32.1. The Morgan fingerprint density at radius 3 is 3.37 bits per heavy atom. The van der Waals surface area contributed by atoms with E-state index < -0.39 is 0 Å². The first-order chi connectivity index (χ1) is 9.31. The van der Waals surface area contributed by atoms with E-state index >= 15 is 0 Å². The van der Waals surface area contributed by atoms with E-state index in [0.29, 0.717) is 13.0 Å². The summed E-state index contributed by atoms with van der Waals surface area (Å²) >= 11 is 1.57. The summed E-state index contributed by atoms with van der Waals surface area (Å²) in [5.41, 5.74) is 3.59. The molecule has 0 aliphatic carbocycles. The van der Waals surface area contributed by atoms with Crippen molar-refractivity contribution in [2.24, 2.45) is 0 Å². The molecule has 0 saturated carbocycles. The van der Waals surface area contributed by atoms with Crippen LogP contribution >= 0.6 is 11.3 Å². The molecule has 0 spiro atoms. The molecule has 100 valence electrons. The highest BCUT2D eigenvalue weighted by molar-refractivity contribution is 7.16. The summed E-state index contributed by atoms with van der Waals surface area (Å²) in [4.78, 5) is 16.1. The molecule has 1 aliphatic heterocycles. The number of hydrogen-bond acceptors (Lipinski definition) is 5. The summed E-state index contributed by atoms with van der Waals surface area (Å²) < 4.78 is 6.41. The molecule has 1 aromatic heterocycles. The minimum absolute atomic E-state index is 0.00636. The van der Waals surface area contributed by atoms with Crippen molar-refractivity contribution >= 4 is 33.1 Å². The van der Waals surface area contributed by atoms with Gasteiger partial charge in [0, 0.05) is 24.7 Å². The molecule has 1 amide bonds. The van der Waals surface area contributed by atoms with Crippen molar-refractivity contribution in [3.8, 4) is 0 Å². The predicted octanol–water partition coefficient (Wildman–Crippen LogP) is 1.61. The van der Waals surface area contributed by atoms with E-state index in [-0.39, 0.29) is 11.9 Å². The predicted molar refractivity (Wildman–Crippen MR) is 75.5 cm³/mol. The molecule has 1 saturated heterocycles. The highest BCUT2D eigenvalue weighted by Crippen LogP contribution is 2.21. The molecule has 1 aliphatic rings. The zero-order valence-corrected chi connectivity index (χ0v) is 11.2. The number of carbonyl (C=O) groups excluding carboxylic acids is 1. The van der Waals surface area contributed by atoms with Crippen molar-refractivity contribution in [2.45, 2.75) is 12.5 Å². The average molecular weight is 277 g/mol. The molecule has 2 heterocycles. The lowest BCUT2D eigenvalue weighted by Crippen LogP contribution is -2.43. The smallest absolute Gasteiger partial charge is 0.226 e. The van der Waals surface area contributed by atoms with Crippen LogP contribution in [0.3, 0.4) is 0 Å². The Bertz CT molecular complexity index is 578. The lowest BCUT2D eigenvalue weighted by atomic mass is 10.2. The van der Waals surface area contributed by atoms with Gasteiger partial charge in [0.15, 0.2) is 0 Å². The van der Waals surface area contributed by atoms with Gasteiger partial charge in [-0.1, -0.05) is 0 Å². The molecular formula is C13H15N3O2S. The summed E-state index contributed by atoms with van der Waals surface area (Å²) in [6, 6.07) is 5.87. The van der Waals surface area contributed by atoms with Crippen LogP contribution in [-0.4, -0.2) is 36.7 Å². The standard InChI is InChI=1S/C13H15N3O2S/c17-13(6-10-7-18-4-3-14-10)16-9-1-2-11-12(5-9)19-8-15-11/h1-2,5,8,10,14H,3-4,6-7H2,(H,16,17)/t10-/m1/s1. The van der Waals surface area contributed by atoms with Crippen LogP contribution in [0, 0.1) is 0 Å². The third-order valence-corrected chi connectivity index (χ3v) is 3.84. The Labute approximate surface area is 115 Å². The maximum absolute atomic E-state index is 11.9. The van der Waals surface area contributed by atoms with Crippen molar-refractivity contribution < 1.29 is 9.53 Å². The van der Waals surface area contributed by atoms with Gasteiger partial charge < -0.3 is 15.4 Å². The van der Waals surface area contributed by atoms with Crippen molar-refractivity contribution in [1.29, 1.82) is 0 Å². The quantitative estimate of drug-likeness (QED) is 0.895. The molecule has 1 atom stereocenters. The number of fused-ring (bicyclic) bond motifs is 1. The summed E-state index contributed by atoms with van der Waals surface area (Å²) in [5, 5.41) is 6.18. The van der Waals surface area contributed by atoms with E-state index in [9.17, 15) is 4.79 Å². The first-order valence-electron chi connectivity index (χ1n) is 6.25. The molecule has 2 N–H and O–H groups in total. The normalized spacial score (nSPS) is 19.5. The van der Waals surface area contributed by atoms with Crippen LogP contribution in [0.1, 0.15) is 6.42 Å². The number of nitrogens with one attached hydrogen (secondary N) is 2. The number of carbonyl (C=O) groups is 1. The topological polar surface area (TPSA) is 63.2 Å². The third-order valence-electron chi connectivity index (χ3n) is 3.05. The fraction of sp³-hybridized carbons (Fsp3) is 0.385. The van der Waals surface area contributed by atoms with E-state index in [4.69, 9.17) is 4.74 Å². The molecule has 0 radical (unpaired) electrons. The van der Waals surface area contributed by atoms with E-state index in [0.717, 1.165) is 29.1 Å². The molecule has 19 heavy (non-hydrogen) atoms. The molecular weight excluding hydrogens is 262 g/mol. The Hall–Kier alpha value is -1.50. The van der Waals surface area contributed by atoms with Crippen LogP contribution in [0.2, 0.25) is 0 Å². The number of morpholine rings is 1. The van der Waals surface area contributed by atoms with Gasteiger partial charge in [-0.25, -0.2) is 4.98 Å². The lowest BCUT2D eigenvalue weighted by molar-refractivity contribution is -0.117. The van der Waals surface area contributed by atoms with Crippen LogP contribution in [0.5, 0.6) is 0 Å². The van der Waals surface area contributed by atoms with Crippen molar-refractivity contribution in [1.82, 2.24) is 10.3 Å². The van der Waals surface area contributed by atoms with Gasteiger partial charge in [-0.3, -0.25) is 4.79 Å². The number of benzene rings is 1. The SMILES string of the molecule is O=C(C[C@@H]1COCCN1)Nc1ccc2ncsc2c1. The third kappa shape index (κ3) is 3.09. The Balaban J connectivity index is 1.61. The first kappa shape index (κ1) is 12.5. The Kier molecular flexibility index (Phi) is 3.72. The van der Waals surface area contributed by atoms with Gasteiger partial charge in [0.25, 0.3) is 0 Å². The molecule has 1 aromatic carbocycles. The van der Waals surface area contributed by atoms with Crippen molar-refractivity contribution in [3.63, 3.8) is 0 Å². The highest BCUT2D eigenvalue weighted by Gasteiger charge is 2.16. The molecule has 1 fully saturated rings. The number of hydrogen-bond donors (Lipinski definition) is 2. The Morgan fingerprint density at radius 2 is 2.53 bits per heavy atom. The number of thiazole rings is 1. The number of ether oxygens (including phenoxy) is 1. The number of amides is 1. The maximum Gasteiger partial charge on any atom is 0.226 e. The summed E-state index contributed by atoms with van der Waals surface area (Å²) in [7, 11) is 0. The molecule has 0 bridgehead atoms. The second-order valence-corrected chi connectivity index (χ2v) is 5.40. The molecule has 0 unspecified atom stereocenters. The fourth-order valence-electron chi connectivity index (χ4n) is 2.12. The number of nitrogens with zero attached hydrogens (tertiary/aromatic N) is 1. The monoisotopic (exact) mass is 277 g/mol. The minimum atomic E-state index is 0.00636.